The molecule has 0 radical (unpaired) electrons. The maximum Gasteiger partial charge on any atom is 0.314 e. The van der Waals surface area contributed by atoms with E-state index < -0.39 is 17.7 Å². The number of pyridine rings is 1. The number of carbonyl (C=O) groups is 1. The molecule has 0 aliphatic carbocycles. The van der Waals surface area contributed by atoms with Gasteiger partial charge in [-0.1, -0.05) is 12.1 Å². The minimum atomic E-state index is -1.03. The molecule has 98 valence electrons. The number of aromatic nitrogens is 1. The summed E-state index contributed by atoms with van der Waals surface area (Å²) in [6.07, 6.45) is 3.02. The molecule has 1 N–H and O–H groups in total. The van der Waals surface area contributed by atoms with Gasteiger partial charge >= 0.3 is 5.97 Å². The predicted octanol–water partition coefficient (Wildman–Crippen LogP) is 2.47. The molecule has 0 aliphatic rings. The summed E-state index contributed by atoms with van der Waals surface area (Å²) in [6.45, 7) is -0.139. The second-order valence-electron chi connectivity index (χ2n) is 3.91. The van der Waals surface area contributed by atoms with Gasteiger partial charge in [0, 0.05) is 12.4 Å². The van der Waals surface area contributed by atoms with Crippen LogP contribution in [0.5, 0.6) is 5.75 Å². The number of benzene rings is 1. The molecule has 5 heteroatoms. The van der Waals surface area contributed by atoms with E-state index >= 15 is 0 Å². The molecular formula is C14H12FNO3. The molecule has 0 spiro atoms. The predicted molar refractivity (Wildman–Crippen MR) is 66.5 cm³/mol. The van der Waals surface area contributed by atoms with Gasteiger partial charge in [0.2, 0.25) is 0 Å². The molecule has 1 heterocycles. The minimum Gasteiger partial charge on any atom is -0.489 e. The highest BCUT2D eigenvalue weighted by Gasteiger charge is 2.21. The van der Waals surface area contributed by atoms with Gasteiger partial charge < -0.3 is 9.84 Å². The molecule has 1 aromatic carbocycles. The highest BCUT2D eigenvalue weighted by Crippen LogP contribution is 2.20. The lowest BCUT2D eigenvalue weighted by Gasteiger charge is -2.14. The van der Waals surface area contributed by atoms with Crippen molar-refractivity contribution in [3.8, 4) is 5.75 Å². The fourth-order valence-electron chi connectivity index (χ4n) is 1.64. The number of ether oxygens (including phenoxy) is 1. The molecule has 2 aromatic rings. The van der Waals surface area contributed by atoms with Crippen molar-refractivity contribution >= 4 is 5.97 Å². The van der Waals surface area contributed by atoms with Gasteiger partial charge in [0.05, 0.1) is 0 Å². The number of carboxylic acid groups (broad SMARTS) is 1. The second-order valence-corrected chi connectivity index (χ2v) is 3.91. The van der Waals surface area contributed by atoms with E-state index in [0.717, 1.165) is 0 Å². The maximum absolute atomic E-state index is 13.4. The Hall–Kier alpha value is -2.43. The average Bonchev–Trinajstić information content (AvgIpc) is 2.42. The lowest BCUT2D eigenvalue weighted by molar-refractivity contribution is -0.139. The summed E-state index contributed by atoms with van der Waals surface area (Å²) in [6, 6.07) is 9.09. The highest BCUT2D eigenvalue weighted by atomic mass is 19.1. The molecule has 0 saturated heterocycles. The zero-order chi connectivity index (χ0) is 13.7. The van der Waals surface area contributed by atoms with Crippen LogP contribution in [0.25, 0.3) is 0 Å². The molecule has 0 fully saturated rings. The average molecular weight is 261 g/mol. The normalized spacial score (nSPS) is 11.8. The van der Waals surface area contributed by atoms with Crippen LogP contribution in [0.15, 0.2) is 48.8 Å². The number of carboxylic acids is 1. The Labute approximate surface area is 109 Å². The third-order valence-corrected chi connectivity index (χ3v) is 2.65. The fourth-order valence-corrected chi connectivity index (χ4v) is 1.64. The van der Waals surface area contributed by atoms with Gasteiger partial charge in [0.25, 0.3) is 0 Å². The van der Waals surface area contributed by atoms with Crippen molar-refractivity contribution < 1.29 is 19.0 Å². The highest BCUT2D eigenvalue weighted by molar-refractivity contribution is 5.76. The van der Waals surface area contributed by atoms with E-state index in [1.807, 2.05) is 0 Å². The summed E-state index contributed by atoms with van der Waals surface area (Å²) in [5.74, 6) is -2.35. The van der Waals surface area contributed by atoms with Crippen LogP contribution in [0, 0.1) is 5.82 Å². The Balaban J connectivity index is 2.11. The van der Waals surface area contributed by atoms with Crippen LogP contribution in [0.1, 0.15) is 11.5 Å². The van der Waals surface area contributed by atoms with Gasteiger partial charge in [-0.05, 0) is 29.8 Å². The second kappa shape index (κ2) is 5.95. The van der Waals surface area contributed by atoms with Crippen LogP contribution in [0.2, 0.25) is 0 Å². The minimum absolute atomic E-state index is 0.0443. The van der Waals surface area contributed by atoms with Crippen molar-refractivity contribution in [2.45, 2.75) is 5.92 Å². The van der Waals surface area contributed by atoms with E-state index in [4.69, 9.17) is 4.74 Å². The Morgan fingerprint density at radius 1 is 1.26 bits per heavy atom. The molecular weight excluding hydrogens is 249 g/mol. The van der Waals surface area contributed by atoms with Gasteiger partial charge in [-0.3, -0.25) is 9.78 Å². The van der Waals surface area contributed by atoms with Crippen molar-refractivity contribution in [2.75, 3.05) is 6.61 Å². The quantitative estimate of drug-likeness (QED) is 0.898. The Morgan fingerprint density at radius 2 is 1.95 bits per heavy atom. The largest absolute Gasteiger partial charge is 0.489 e. The summed E-state index contributed by atoms with van der Waals surface area (Å²) in [4.78, 5) is 15.0. The summed E-state index contributed by atoms with van der Waals surface area (Å²) in [5, 5.41) is 9.18. The number of nitrogens with zero attached hydrogens (tertiary/aromatic N) is 1. The monoisotopic (exact) mass is 261 g/mol. The number of hydrogen-bond donors (Lipinski definition) is 1. The molecule has 0 amide bonds. The molecule has 4 nitrogen and oxygen atoms in total. The van der Waals surface area contributed by atoms with Crippen LogP contribution in [0.4, 0.5) is 4.39 Å². The zero-order valence-electron chi connectivity index (χ0n) is 9.99. The van der Waals surface area contributed by atoms with Crippen molar-refractivity contribution in [3.05, 3.63) is 60.2 Å². The first-order chi connectivity index (χ1) is 9.18. The van der Waals surface area contributed by atoms with E-state index in [1.54, 1.807) is 24.3 Å². The zero-order valence-corrected chi connectivity index (χ0v) is 9.99. The van der Waals surface area contributed by atoms with Gasteiger partial charge in [-0.15, -0.1) is 0 Å². The molecule has 2 rings (SSSR count). The van der Waals surface area contributed by atoms with Crippen LogP contribution < -0.4 is 4.74 Å². The van der Waals surface area contributed by atoms with E-state index in [1.165, 1.54) is 24.5 Å². The molecule has 1 unspecified atom stereocenters. The van der Waals surface area contributed by atoms with Gasteiger partial charge in [0.1, 0.15) is 12.5 Å². The fraction of sp³-hybridized carbons (Fsp3) is 0.143. The smallest absolute Gasteiger partial charge is 0.314 e. The summed E-state index contributed by atoms with van der Waals surface area (Å²) < 4.78 is 18.6. The lowest BCUT2D eigenvalue weighted by Crippen LogP contribution is -2.19. The SMILES string of the molecule is O=C(O)C(COc1ccccc1F)c1ccncc1. The lowest BCUT2D eigenvalue weighted by atomic mass is 10.0. The van der Waals surface area contributed by atoms with Crippen molar-refractivity contribution in [3.63, 3.8) is 0 Å². The van der Waals surface area contributed by atoms with E-state index in [0.29, 0.717) is 5.56 Å². The van der Waals surface area contributed by atoms with Gasteiger partial charge in [0.15, 0.2) is 11.6 Å². The topological polar surface area (TPSA) is 59.4 Å². The Kier molecular flexibility index (Phi) is 4.07. The van der Waals surface area contributed by atoms with Gasteiger partial charge in [-0.25, -0.2) is 4.39 Å². The summed E-state index contributed by atoms with van der Waals surface area (Å²) in [5.41, 5.74) is 0.568. The van der Waals surface area contributed by atoms with Crippen LogP contribution in [0.3, 0.4) is 0 Å². The Morgan fingerprint density at radius 3 is 2.58 bits per heavy atom. The maximum atomic E-state index is 13.4. The molecule has 1 aromatic heterocycles. The molecule has 0 bridgehead atoms. The van der Waals surface area contributed by atoms with E-state index in [2.05, 4.69) is 4.98 Å². The molecule has 1 atom stereocenters. The first-order valence-electron chi connectivity index (χ1n) is 5.68. The third-order valence-electron chi connectivity index (χ3n) is 2.65. The van der Waals surface area contributed by atoms with Crippen molar-refractivity contribution in [1.82, 2.24) is 4.98 Å². The summed E-state index contributed by atoms with van der Waals surface area (Å²) >= 11 is 0. The third kappa shape index (κ3) is 3.28. The summed E-state index contributed by atoms with van der Waals surface area (Å²) in [7, 11) is 0. The van der Waals surface area contributed by atoms with Crippen molar-refractivity contribution in [1.29, 1.82) is 0 Å². The van der Waals surface area contributed by atoms with Gasteiger partial charge in [-0.2, -0.15) is 0 Å². The van der Waals surface area contributed by atoms with E-state index in [-0.39, 0.29) is 12.4 Å². The van der Waals surface area contributed by atoms with Crippen LogP contribution >= 0.6 is 0 Å². The first-order valence-corrected chi connectivity index (χ1v) is 5.68. The molecule has 0 saturated carbocycles. The number of para-hydroxylation sites is 1. The standard InChI is InChI=1S/C14H12FNO3/c15-12-3-1-2-4-13(12)19-9-11(14(17)18)10-5-7-16-8-6-10/h1-8,11H,9H2,(H,17,18). The van der Waals surface area contributed by atoms with Crippen LogP contribution in [-0.4, -0.2) is 22.7 Å². The molecule has 0 aliphatic heterocycles. The number of aliphatic carboxylic acids is 1. The van der Waals surface area contributed by atoms with E-state index in [9.17, 15) is 14.3 Å². The number of halogens is 1. The van der Waals surface area contributed by atoms with Crippen LogP contribution in [-0.2, 0) is 4.79 Å². The molecule has 19 heavy (non-hydrogen) atoms. The van der Waals surface area contributed by atoms with Crippen molar-refractivity contribution in [2.24, 2.45) is 0 Å². The first kappa shape index (κ1) is 13.0. The number of rotatable bonds is 5. The Bertz CT molecular complexity index is 560. The number of hydrogen-bond acceptors (Lipinski definition) is 3.